The lowest BCUT2D eigenvalue weighted by Crippen LogP contribution is -2.41. The Balaban J connectivity index is 1.48. The summed E-state index contributed by atoms with van der Waals surface area (Å²) in [5.74, 6) is 0.416. The Morgan fingerprint density at radius 2 is 1.93 bits per heavy atom. The Morgan fingerprint density at radius 3 is 2.64 bits per heavy atom. The van der Waals surface area contributed by atoms with E-state index in [0.29, 0.717) is 23.8 Å². The Labute approximate surface area is 170 Å². The van der Waals surface area contributed by atoms with E-state index in [9.17, 15) is 14.7 Å². The molecule has 2 N–H and O–H groups in total. The number of halogens is 1. The first-order valence-electron chi connectivity index (χ1n) is 9.79. The largest absolute Gasteiger partial charge is 0.508 e. The van der Waals surface area contributed by atoms with E-state index < -0.39 is 6.04 Å². The van der Waals surface area contributed by atoms with Gasteiger partial charge >= 0.3 is 0 Å². The lowest BCUT2D eigenvalue weighted by atomic mass is 9.96. The van der Waals surface area contributed by atoms with Gasteiger partial charge in [-0.3, -0.25) is 9.59 Å². The normalized spacial score (nSPS) is 19.9. The number of aryl methyl sites for hydroxylation is 1. The number of hydrogen-bond acceptors (Lipinski definition) is 3. The molecule has 0 saturated heterocycles. The monoisotopic (exact) mass is 399 g/mol. The van der Waals surface area contributed by atoms with Crippen molar-refractivity contribution in [1.82, 2.24) is 5.32 Å². The molecule has 0 radical (unpaired) electrons. The first-order chi connectivity index (χ1) is 13.4. The van der Waals surface area contributed by atoms with Crippen LogP contribution in [0, 0.1) is 5.92 Å². The van der Waals surface area contributed by atoms with Crippen LogP contribution in [-0.4, -0.2) is 22.8 Å². The molecule has 2 aromatic rings. The summed E-state index contributed by atoms with van der Waals surface area (Å²) < 4.78 is 0. The van der Waals surface area contributed by atoms with E-state index in [1.807, 2.05) is 18.2 Å². The maximum absolute atomic E-state index is 12.6. The van der Waals surface area contributed by atoms with E-state index in [2.05, 4.69) is 17.4 Å². The number of carbonyl (C=O) groups excluding carboxylic acids is 2. The van der Waals surface area contributed by atoms with Gasteiger partial charge in [0.25, 0.3) is 0 Å². The quantitative estimate of drug-likeness (QED) is 0.712. The van der Waals surface area contributed by atoms with E-state index in [1.165, 1.54) is 11.6 Å². The number of benzene rings is 2. The van der Waals surface area contributed by atoms with E-state index >= 15 is 0 Å². The molecule has 1 saturated carbocycles. The van der Waals surface area contributed by atoms with Gasteiger partial charge in [-0.1, -0.05) is 41.9 Å². The lowest BCUT2D eigenvalue weighted by Gasteiger charge is -2.17. The molecule has 1 aliphatic rings. The van der Waals surface area contributed by atoms with Crippen LogP contribution in [0.4, 0.5) is 0 Å². The number of Topliss-reactive ketones (excluding diaryl/α,β-unsaturated/α-hetero) is 1. The zero-order chi connectivity index (χ0) is 20.1. The number of rotatable bonds is 7. The summed E-state index contributed by atoms with van der Waals surface area (Å²) in [5, 5.41) is 12.9. The van der Waals surface area contributed by atoms with Gasteiger partial charge in [-0.25, -0.2) is 0 Å². The molecule has 0 unspecified atom stereocenters. The van der Waals surface area contributed by atoms with Gasteiger partial charge < -0.3 is 10.4 Å². The fourth-order valence-electron chi connectivity index (χ4n) is 3.92. The fraction of sp³-hybridized carbons (Fsp3) is 0.391. The van der Waals surface area contributed by atoms with Gasteiger partial charge in [-0.2, -0.15) is 0 Å². The predicted molar refractivity (Wildman–Crippen MR) is 111 cm³/mol. The maximum Gasteiger partial charge on any atom is 0.223 e. The number of nitrogens with one attached hydrogen (secondary N) is 1. The standard InChI is InChI=1S/C23H26ClNO3/c1-15(22(27)10-7-16-11-20(24)14-21(26)12-16)25-23(28)19-9-8-18(13-19)17-5-3-2-4-6-17/h2-6,11-12,14-15,18-19,26H,7-10,13H2,1H3,(H,25,28)/t15-,18+,19+/m0/s1. The summed E-state index contributed by atoms with van der Waals surface area (Å²) in [7, 11) is 0. The number of ketones is 1. The SMILES string of the molecule is C[C@H](NC(=O)[C@@H]1CC[C@@H](c2ccccc2)C1)C(=O)CCc1cc(O)cc(Cl)c1. The summed E-state index contributed by atoms with van der Waals surface area (Å²) >= 11 is 5.92. The van der Waals surface area contributed by atoms with E-state index in [1.54, 1.807) is 19.1 Å². The van der Waals surface area contributed by atoms with Crippen LogP contribution in [0.25, 0.3) is 0 Å². The number of phenolic OH excluding ortho intramolecular Hbond substituents is 1. The number of carbonyl (C=O) groups is 2. The van der Waals surface area contributed by atoms with Gasteiger partial charge in [0, 0.05) is 17.4 Å². The van der Waals surface area contributed by atoms with Crippen LogP contribution < -0.4 is 5.32 Å². The van der Waals surface area contributed by atoms with Crippen molar-refractivity contribution < 1.29 is 14.7 Å². The Kier molecular flexibility index (Phi) is 6.74. The molecule has 5 heteroatoms. The topological polar surface area (TPSA) is 66.4 Å². The summed E-state index contributed by atoms with van der Waals surface area (Å²) in [4.78, 5) is 25.0. The van der Waals surface area contributed by atoms with Crippen molar-refractivity contribution in [2.45, 2.75) is 51.0 Å². The molecular formula is C23H26ClNO3. The molecule has 3 rings (SSSR count). The van der Waals surface area contributed by atoms with Gasteiger partial charge in [0.1, 0.15) is 5.75 Å². The molecule has 28 heavy (non-hydrogen) atoms. The van der Waals surface area contributed by atoms with Crippen LogP contribution in [0.1, 0.15) is 49.7 Å². The molecule has 0 aromatic heterocycles. The highest BCUT2D eigenvalue weighted by Crippen LogP contribution is 2.38. The molecule has 0 aliphatic heterocycles. The predicted octanol–water partition coefficient (Wildman–Crippen LogP) is 4.64. The van der Waals surface area contributed by atoms with Crippen molar-refractivity contribution in [2.24, 2.45) is 5.92 Å². The molecule has 1 aliphatic carbocycles. The molecule has 0 bridgehead atoms. The molecule has 2 aromatic carbocycles. The average molecular weight is 400 g/mol. The molecule has 0 heterocycles. The van der Waals surface area contributed by atoms with Crippen molar-refractivity contribution in [3.8, 4) is 5.75 Å². The van der Waals surface area contributed by atoms with Gasteiger partial charge in [0.2, 0.25) is 5.91 Å². The molecular weight excluding hydrogens is 374 g/mol. The third kappa shape index (κ3) is 5.35. The highest BCUT2D eigenvalue weighted by atomic mass is 35.5. The zero-order valence-corrected chi connectivity index (χ0v) is 16.8. The van der Waals surface area contributed by atoms with Crippen LogP contribution >= 0.6 is 11.6 Å². The van der Waals surface area contributed by atoms with Crippen LogP contribution in [0.3, 0.4) is 0 Å². The number of hydrogen-bond donors (Lipinski definition) is 2. The molecule has 4 nitrogen and oxygen atoms in total. The van der Waals surface area contributed by atoms with Gasteiger partial charge in [-0.15, -0.1) is 0 Å². The van der Waals surface area contributed by atoms with Crippen molar-refractivity contribution in [2.75, 3.05) is 0 Å². The second kappa shape index (κ2) is 9.24. The lowest BCUT2D eigenvalue weighted by molar-refractivity contribution is -0.129. The summed E-state index contributed by atoms with van der Waals surface area (Å²) in [5.41, 5.74) is 2.09. The fourth-order valence-corrected chi connectivity index (χ4v) is 4.17. The van der Waals surface area contributed by atoms with Crippen LogP contribution in [0.2, 0.25) is 5.02 Å². The molecule has 148 valence electrons. The van der Waals surface area contributed by atoms with E-state index in [0.717, 1.165) is 24.8 Å². The zero-order valence-electron chi connectivity index (χ0n) is 16.0. The third-order valence-electron chi connectivity index (χ3n) is 5.52. The smallest absolute Gasteiger partial charge is 0.223 e. The van der Waals surface area contributed by atoms with Crippen molar-refractivity contribution in [1.29, 1.82) is 0 Å². The highest BCUT2D eigenvalue weighted by molar-refractivity contribution is 6.30. The van der Waals surface area contributed by atoms with E-state index in [-0.39, 0.29) is 23.4 Å². The average Bonchev–Trinajstić information content (AvgIpc) is 3.16. The van der Waals surface area contributed by atoms with Crippen LogP contribution in [0.5, 0.6) is 5.75 Å². The first kappa shape index (κ1) is 20.4. The summed E-state index contributed by atoms with van der Waals surface area (Å²) in [6, 6.07) is 14.6. The Bertz CT molecular complexity index is 817. The molecule has 1 amide bonds. The van der Waals surface area contributed by atoms with Crippen LogP contribution in [0.15, 0.2) is 48.5 Å². The number of amides is 1. The van der Waals surface area contributed by atoms with Crippen LogP contribution in [-0.2, 0) is 16.0 Å². The first-order valence-corrected chi connectivity index (χ1v) is 10.2. The van der Waals surface area contributed by atoms with Gasteiger partial charge in [0.05, 0.1) is 6.04 Å². The number of aromatic hydroxyl groups is 1. The summed E-state index contributed by atoms with van der Waals surface area (Å²) in [6.45, 7) is 1.74. The van der Waals surface area contributed by atoms with E-state index in [4.69, 9.17) is 11.6 Å². The van der Waals surface area contributed by atoms with Crippen molar-refractivity contribution >= 4 is 23.3 Å². The second-order valence-corrected chi connectivity index (χ2v) is 8.07. The van der Waals surface area contributed by atoms with Gasteiger partial charge in [0.15, 0.2) is 5.78 Å². The minimum absolute atomic E-state index is 0.0228. The minimum atomic E-state index is -0.518. The number of phenols is 1. The second-order valence-electron chi connectivity index (χ2n) is 7.63. The molecule has 0 spiro atoms. The highest BCUT2D eigenvalue weighted by Gasteiger charge is 2.31. The van der Waals surface area contributed by atoms with Gasteiger partial charge in [-0.05, 0) is 67.9 Å². The Hall–Kier alpha value is -2.33. The maximum atomic E-state index is 12.6. The minimum Gasteiger partial charge on any atom is -0.508 e. The third-order valence-corrected chi connectivity index (χ3v) is 5.74. The Morgan fingerprint density at radius 1 is 1.18 bits per heavy atom. The summed E-state index contributed by atoms with van der Waals surface area (Å²) in [6.07, 6.45) is 3.46. The van der Waals surface area contributed by atoms with Crippen molar-refractivity contribution in [3.05, 3.63) is 64.7 Å². The van der Waals surface area contributed by atoms with Crippen molar-refractivity contribution in [3.63, 3.8) is 0 Å². The molecule has 1 fully saturated rings. The molecule has 3 atom stereocenters.